The number of hydrogen-bond donors (Lipinski definition) is 2. The summed E-state index contributed by atoms with van der Waals surface area (Å²) in [6.45, 7) is 6.18. The SMILES string of the molecule is CC(C)(C)Nc1nccc(C(=O)Nc2ccc3c(c2)OCO3)n1. The summed E-state index contributed by atoms with van der Waals surface area (Å²) in [6.07, 6.45) is 1.55. The topological polar surface area (TPSA) is 85.4 Å². The van der Waals surface area contributed by atoms with E-state index in [0.717, 1.165) is 0 Å². The lowest BCUT2D eigenvalue weighted by molar-refractivity contribution is 0.102. The number of nitrogens with one attached hydrogen (secondary N) is 2. The monoisotopic (exact) mass is 314 g/mol. The van der Waals surface area contributed by atoms with Gasteiger partial charge in [0.15, 0.2) is 11.5 Å². The summed E-state index contributed by atoms with van der Waals surface area (Å²) in [6, 6.07) is 6.79. The number of benzene rings is 1. The Hall–Kier alpha value is -2.83. The van der Waals surface area contributed by atoms with Gasteiger partial charge >= 0.3 is 0 Å². The van der Waals surface area contributed by atoms with Gasteiger partial charge < -0.3 is 20.1 Å². The van der Waals surface area contributed by atoms with Gasteiger partial charge in [0.2, 0.25) is 12.7 Å². The Morgan fingerprint density at radius 2 is 1.96 bits per heavy atom. The summed E-state index contributed by atoms with van der Waals surface area (Å²) in [4.78, 5) is 20.7. The molecule has 0 radical (unpaired) electrons. The van der Waals surface area contributed by atoms with Gasteiger partial charge in [0.05, 0.1) is 0 Å². The number of anilines is 2. The standard InChI is InChI=1S/C16H18N4O3/c1-16(2,3)20-15-17-7-6-11(19-15)14(21)18-10-4-5-12-13(8-10)23-9-22-12/h4-8H,9H2,1-3H3,(H,18,21)(H,17,19,20). The number of ether oxygens (including phenoxy) is 2. The van der Waals surface area contributed by atoms with Crippen LogP contribution in [0.2, 0.25) is 0 Å². The van der Waals surface area contributed by atoms with Crippen LogP contribution >= 0.6 is 0 Å². The molecule has 0 saturated carbocycles. The zero-order valence-corrected chi connectivity index (χ0v) is 13.2. The number of carbonyl (C=O) groups excluding carboxylic acids is 1. The molecule has 0 aliphatic carbocycles. The third-order valence-corrected chi connectivity index (χ3v) is 3.01. The van der Waals surface area contributed by atoms with Gasteiger partial charge in [-0.25, -0.2) is 9.97 Å². The van der Waals surface area contributed by atoms with Crippen molar-refractivity contribution in [3.63, 3.8) is 0 Å². The van der Waals surface area contributed by atoms with Gasteiger partial charge in [-0.2, -0.15) is 0 Å². The summed E-state index contributed by atoms with van der Waals surface area (Å²) in [7, 11) is 0. The molecule has 120 valence electrons. The molecule has 1 amide bonds. The molecule has 0 saturated heterocycles. The molecule has 1 aliphatic heterocycles. The molecule has 2 N–H and O–H groups in total. The lowest BCUT2D eigenvalue weighted by atomic mass is 10.1. The zero-order chi connectivity index (χ0) is 16.4. The van der Waals surface area contributed by atoms with E-state index in [-0.39, 0.29) is 23.9 Å². The van der Waals surface area contributed by atoms with Crippen molar-refractivity contribution < 1.29 is 14.3 Å². The first-order valence-electron chi connectivity index (χ1n) is 7.23. The molecule has 7 nitrogen and oxygen atoms in total. The Morgan fingerprint density at radius 1 is 1.17 bits per heavy atom. The number of aromatic nitrogens is 2. The quantitative estimate of drug-likeness (QED) is 0.906. The van der Waals surface area contributed by atoms with Gasteiger partial charge in [0.1, 0.15) is 5.69 Å². The van der Waals surface area contributed by atoms with Gasteiger partial charge in [-0.05, 0) is 39.0 Å². The second kappa shape index (κ2) is 5.75. The van der Waals surface area contributed by atoms with Crippen molar-refractivity contribution >= 4 is 17.5 Å². The number of rotatable bonds is 3. The molecule has 1 aliphatic rings. The molecule has 7 heteroatoms. The predicted octanol–water partition coefficient (Wildman–Crippen LogP) is 2.67. The fourth-order valence-corrected chi connectivity index (χ4v) is 2.05. The summed E-state index contributed by atoms with van der Waals surface area (Å²) >= 11 is 0. The molecule has 3 rings (SSSR count). The maximum atomic E-state index is 12.3. The number of hydrogen-bond acceptors (Lipinski definition) is 6. The Balaban J connectivity index is 1.74. The minimum absolute atomic E-state index is 0.188. The van der Waals surface area contributed by atoms with Gasteiger partial charge in [-0.1, -0.05) is 0 Å². The summed E-state index contributed by atoms with van der Waals surface area (Å²) in [5.41, 5.74) is 0.708. The summed E-state index contributed by atoms with van der Waals surface area (Å²) in [5.74, 6) is 1.38. The smallest absolute Gasteiger partial charge is 0.274 e. The molecule has 0 bridgehead atoms. The molecule has 23 heavy (non-hydrogen) atoms. The molecule has 0 fully saturated rings. The lowest BCUT2D eigenvalue weighted by Gasteiger charge is -2.20. The Kier molecular flexibility index (Phi) is 3.77. The maximum Gasteiger partial charge on any atom is 0.274 e. The molecular formula is C16H18N4O3. The van der Waals surface area contributed by atoms with E-state index in [1.165, 1.54) is 0 Å². The first kappa shape index (κ1) is 15.1. The third-order valence-electron chi connectivity index (χ3n) is 3.01. The summed E-state index contributed by atoms with van der Waals surface area (Å²) in [5, 5.41) is 5.92. The second-order valence-corrected chi connectivity index (χ2v) is 6.16. The normalized spacial score (nSPS) is 12.8. The van der Waals surface area contributed by atoms with E-state index in [4.69, 9.17) is 9.47 Å². The van der Waals surface area contributed by atoms with Crippen molar-refractivity contribution in [1.29, 1.82) is 0 Å². The molecule has 1 aromatic carbocycles. The average molecular weight is 314 g/mol. The van der Waals surface area contributed by atoms with Gasteiger partial charge in [-0.3, -0.25) is 4.79 Å². The highest BCUT2D eigenvalue weighted by atomic mass is 16.7. The minimum atomic E-state index is -0.316. The van der Waals surface area contributed by atoms with Gasteiger partial charge in [0, 0.05) is 23.5 Å². The fraction of sp³-hybridized carbons (Fsp3) is 0.312. The van der Waals surface area contributed by atoms with Crippen LogP contribution in [0.3, 0.4) is 0 Å². The third kappa shape index (κ3) is 3.68. The van der Waals surface area contributed by atoms with Gasteiger partial charge in [-0.15, -0.1) is 0 Å². The van der Waals surface area contributed by atoms with Crippen LogP contribution in [0.25, 0.3) is 0 Å². The van der Waals surface area contributed by atoms with Crippen LogP contribution < -0.4 is 20.1 Å². The fourth-order valence-electron chi connectivity index (χ4n) is 2.05. The lowest BCUT2D eigenvalue weighted by Crippen LogP contribution is -2.28. The van der Waals surface area contributed by atoms with Crippen molar-refractivity contribution in [3.05, 3.63) is 36.2 Å². The van der Waals surface area contributed by atoms with E-state index in [0.29, 0.717) is 23.1 Å². The minimum Gasteiger partial charge on any atom is -0.454 e. The van der Waals surface area contributed by atoms with Crippen LogP contribution in [0.5, 0.6) is 11.5 Å². The Morgan fingerprint density at radius 3 is 2.74 bits per heavy atom. The average Bonchev–Trinajstić information content (AvgIpc) is 2.93. The van der Waals surface area contributed by atoms with E-state index in [9.17, 15) is 4.79 Å². The van der Waals surface area contributed by atoms with Crippen LogP contribution in [-0.4, -0.2) is 28.2 Å². The number of nitrogens with zero attached hydrogens (tertiary/aromatic N) is 2. The van der Waals surface area contributed by atoms with E-state index in [1.807, 2.05) is 20.8 Å². The first-order valence-corrected chi connectivity index (χ1v) is 7.23. The highest BCUT2D eigenvalue weighted by molar-refractivity contribution is 6.03. The molecule has 0 unspecified atom stereocenters. The molecular weight excluding hydrogens is 296 g/mol. The van der Waals surface area contributed by atoms with Crippen LogP contribution in [0, 0.1) is 0 Å². The van der Waals surface area contributed by atoms with E-state index in [2.05, 4.69) is 20.6 Å². The van der Waals surface area contributed by atoms with Gasteiger partial charge in [0.25, 0.3) is 5.91 Å². The van der Waals surface area contributed by atoms with Crippen molar-refractivity contribution in [3.8, 4) is 11.5 Å². The van der Waals surface area contributed by atoms with E-state index in [1.54, 1.807) is 30.5 Å². The summed E-state index contributed by atoms with van der Waals surface area (Å²) < 4.78 is 10.5. The largest absolute Gasteiger partial charge is 0.454 e. The van der Waals surface area contributed by atoms with Crippen LogP contribution in [0.15, 0.2) is 30.5 Å². The van der Waals surface area contributed by atoms with E-state index >= 15 is 0 Å². The molecule has 2 heterocycles. The predicted molar refractivity (Wildman–Crippen MR) is 85.9 cm³/mol. The van der Waals surface area contributed by atoms with Crippen LogP contribution in [-0.2, 0) is 0 Å². The molecule has 0 atom stereocenters. The Bertz CT molecular complexity index is 740. The van der Waals surface area contributed by atoms with Crippen molar-refractivity contribution in [2.45, 2.75) is 26.3 Å². The maximum absolute atomic E-state index is 12.3. The zero-order valence-electron chi connectivity index (χ0n) is 13.2. The molecule has 1 aromatic heterocycles. The number of fused-ring (bicyclic) bond motifs is 1. The van der Waals surface area contributed by atoms with Crippen molar-refractivity contribution in [1.82, 2.24) is 9.97 Å². The first-order chi connectivity index (χ1) is 10.9. The highest BCUT2D eigenvalue weighted by Gasteiger charge is 2.16. The molecule has 0 spiro atoms. The second-order valence-electron chi connectivity index (χ2n) is 6.16. The van der Waals surface area contributed by atoms with Crippen molar-refractivity contribution in [2.24, 2.45) is 0 Å². The van der Waals surface area contributed by atoms with Crippen molar-refractivity contribution in [2.75, 3.05) is 17.4 Å². The molecule has 2 aromatic rings. The van der Waals surface area contributed by atoms with E-state index < -0.39 is 0 Å². The number of amides is 1. The highest BCUT2D eigenvalue weighted by Crippen LogP contribution is 2.34. The number of carbonyl (C=O) groups is 1. The Labute approximate surface area is 134 Å². The van der Waals surface area contributed by atoms with Crippen LogP contribution in [0.4, 0.5) is 11.6 Å². The van der Waals surface area contributed by atoms with Crippen LogP contribution in [0.1, 0.15) is 31.3 Å².